The summed E-state index contributed by atoms with van der Waals surface area (Å²) in [5.41, 5.74) is 4.19. The third kappa shape index (κ3) is 6.72. The maximum absolute atomic E-state index is 12.2. The molecule has 1 N–H and O–H groups in total. The van der Waals surface area contributed by atoms with Gasteiger partial charge in [0.1, 0.15) is 0 Å². The van der Waals surface area contributed by atoms with Crippen LogP contribution in [-0.4, -0.2) is 21.8 Å². The summed E-state index contributed by atoms with van der Waals surface area (Å²) in [5, 5.41) is 0.930. The van der Waals surface area contributed by atoms with Crippen LogP contribution >= 0.6 is 0 Å². The fourth-order valence-corrected chi connectivity index (χ4v) is 9.17. The van der Waals surface area contributed by atoms with Gasteiger partial charge in [-0.2, -0.15) is 8.42 Å². The molecule has 0 atom stereocenters. The third-order valence-electron chi connectivity index (χ3n) is 5.49. The number of hydrogen-bond donors (Lipinski definition) is 1. The zero-order valence-corrected chi connectivity index (χ0v) is 20.2. The van der Waals surface area contributed by atoms with Gasteiger partial charge in [0.05, 0.1) is 13.7 Å². The number of rotatable bonds is 11. The Hall–Kier alpha value is -0.653. The molecule has 1 aromatic rings. The normalized spacial score (nSPS) is 12.6. The molecule has 0 fully saturated rings. The minimum Gasteiger partial charge on any atom is -0.282 e. The fraction of sp³-hybridized carbons (Fsp3) is 0.727. The highest BCUT2D eigenvalue weighted by molar-refractivity contribution is 7.86. The third-order valence-corrected chi connectivity index (χ3v) is 10.3. The van der Waals surface area contributed by atoms with Crippen molar-refractivity contribution in [3.63, 3.8) is 0 Å². The lowest BCUT2D eigenvalue weighted by Crippen LogP contribution is -2.41. The first kappa shape index (κ1) is 24.4. The van der Waals surface area contributed by atoms with Gasteiger partial charge >= 0.3 is 0 Å². The first-order valence-corrected chi connectivity index (χ1v) is 13.6. The van der Waals surface area contributed by atoms with Gasteiger partial charge in [-0.15, -0.1) is 0 Å². The Bertz CT molecular complexity index is 701. The molecule has 0 unspecified atom stereocenters. The lowest BCUT2D eigenvalue weighted by Gasteiger charge is -2.28. The van der Waals surface area contributed by atoms with Gasteiger partial charge in [0.15, 0.2) is 0 Å². The highest BCUT2D eigenvalue weighted by atomic mass is 32.2. The van der Waals surface area contributed by atoms with Crippen LogP contribution in [0.2, 0.25) is 11.1 Å². The molecule has 0 bridgehead atoms. The first-order chi connectivity index (χ1) is 12.5. The predicted octanol–water partition coefficient (Wildman–Crippen LogP) is 5.97. The molecule has 0 heterocycles. The molecule has 0 aliphatic rings. The second kappa shape index (κ2) is 10.8. The Morgan fingerprint density at radius 3 is 1.96 bits per heavy atom. The molecule has 0 saturated heterocycles. The first-order valence-electron chi connectivity index (χ1n) is 10.5. The van der Waals surface area contributed by atoms with E-state index in [9.17, 15) is 13.0 Å². The van der Waals surface area contributed by atoms with Crippen LogP contribution in [-0.2, 0) is 16.5 Å². The minimum absolute atomic E-state index is 0.153. The van der Waals surface area contributed by atoms with Crippen molar-refractivity contribution in [1.29, 1.82) is 0 Å². The van der Waals surface area contributed by atoms with Crippen LogP contribution in [0.3, 0.4) is 0 Å². The van der Waals surface area contributed by atoms with Crippen LogP contribution in [0.4, 0.5) is 0 Å². The monoisotopic (exact) mass is 411 g/mol. The maximum Gasteiger partial charge on any atom is 0.294 e. The van der Waals surface area contributed by atoms with E-state index >= 15 is 0 Å². The van der Waals surface area contributed by atoms with Crippen LogP contribution in [0.5, 0.6) is 0 Å². The van der Waals surface area contributed by atoms with E-state index in [0.717, 1.165) is 29.2 Å². The second-order valence-electron chi connectivity index (χ2n) is 8.43. The molecule has 0 aromatic heterocycles. The molecular formula is C22H39O3SSi. The fourth-order valence-electron chi connectivity index (χ4n) is 4.26. The molecule has 1 radical (unpaired) electrons. The van der Waals surface area contributed by atoms with Crippen molar-refractivity contribution in [3.05, 3.63) is 22.8 Å². The summed E-state index contributed by atoms with van der Waals surface area (Å²) in [5.74, 6) is 0. The highest BCUT2D eigenvalue weighted by Gasteiger charge is 2.31. The zero-order valence-electron chi connectivity index (χ0n) is 18.4. The van der Waals surface area contributed by atoms with Crippen molar-refractivity contribution in [2.45, 2.75) is 109 Å². The smallest absolute Gasteiger partial charge is 0.282 e. The van der Waals surface area contributed by atoms with Crippen LogP contribution < -0.4 is 5.19 Å². The van der Waals surface area contributed by atoms with Gasteiger partial charge in [0, 0.05) is 0 Å². The molecule has 0 aliphatic heterocycles. The summed E-state index contributed by atoms with van der Waals surface area (Å²) in [4.78, 5) is 0.153. The van der Waals surface area contributed by atoms with Gasteiger partial charge in [0.25, 0.3) is 10.1 Å². The van der Waals surface area contributed by atoms with Gasteiger partial charge in [-0.25, -0.2) is 0 Å². The number of hydrogen-bond acceptors (Lipinski definition) is 2. The molecule has 0 spiro atoms. The Morgan fingerprint density at radius 1 is 0.963 bits per heavy atom. The van der Waals surface area contributed by atoms with Crippen molar-refractivity contribution in [2.75, 3.05) is 0 Å². The Kier molecular flexibility index (Phi) is 9.73. The second-order valence-corrected chi connectivity index (χ2v) is 13.5. The van der Waals surface area contributed by atoms with E-state index in [0.29, 0.717) is 11.1 Å². The van der Waals surface area contributed by atoms with Crippen molar-refractivity contribution in [2.24, 2.45) is 0 Å². The van der Waals surface area contributed by atoms with E-state index in [4.69, 9.17) is 0 Å². The van der Waals surface area contributed by atoms with Crippen molar-refractivity contribution in [1.82, 2.24) is 0 Å². The largest absolute Gasteiger partial charge is 0.294 e. The minimum atomic E-state index is -4.22. The van der Waals surface area contributed by atoms with E-state index < -0.39 is 18.9 Å². The molecular weight excluding hydrogens is 372 g/mol. The Balaban J connectivity index is 3.30. The van der Waals surface area contributed by atoms with E-state index in [-0.39, 0.29) is 4.90 Å². The quantitative estimate of drug-likeness (QED) is 0.277. The van der Waals surface area contributed by atoms with Crippen molar-refractivity contribution >= 4 is 24.1 Å². The van der Waals surface area contributed by atoms with Crippen LogP contribution in [0.25, 0.3) is 0 Å². The topological polar surface area (TPSA) is 54.4 Å². The molecule has 0 amide bonds. The molecule has 0 aliphatic carbocycles. The lowest BCUT2D eigenvalue weighted by atomic mass is 9.96. The molecule has 1 aromatic carbocycles. The number of aryl methyl sites for hydroxylation is 1. The molecule has 0 saturated carbocycles. The van der Waals surface area contributed by atoms with E-state index in [1.165, 1.54) is 37.7 Å². The number of benzene rings is 1. The van der Waals surface area contributed by atoms with Gasteiger partial charge in [0.2, 0.25) is 0 Å². The van der Waals surface area contributed by atoms with E-state index in [1.54, 1.807) is 6.07 Å². The van der Waals surface area contributed by atoms with Gasteiger partial charge in [-0.05, 0) is 65.7 Å². The SMILES string of the molecule is CCCCCCCCc1c(C)cc(S(=O)(=O)O)c([Si](C(C)C)C(C)C)c1C. The molecule has 5 heteroatoms. The standard InChI is InChI=1S/C22H39O3SSi/c1-8-9-10-11-12-13-14-20-18(6)15-21(26(23,24)25)22(19(20)7)27(16(2)3)17(4)5/h15-17H,8-14H2,1-7H3,(H,23,24,25). The Labute approximate surface area is 169 Å². The summed E-state index contributed by atoms with van der Waals surface area (Å²) in [6.07, 6.45) is 8.49. The maximum atomic E-state index is 12.2. The summed E-state index contributed by atoms with van der Waals surface area (Å²) >= 11 is 0. The number of unbranched alkanes of at least 4 members (excludes halogenated alkanes) is 5. The van der Waals surface area contributed by atoms with Crippen molar-refractivity contribution < 1.29 is 13.0 Å². The summed E-state index contributed by atoms with van der Waals surface area (Å²) < 4.78 is 34.2. The average Bonchev–Trinajstić information content (AvgIpc) is 2.53. The van der Waals surface area contributed by atoms with E-state index in [1.807, 2.05) is 6.92 Å². The van der Waals surface area contributed by atoms with Crippen LogP contribution in [0.1, 0.15) is 89.8 Å². The Morgan fingerprint density at radius 2 is 1.48 bits per heavy atom. The van der Waals surface area contributed by atoms with Crippen LogP contribution in [0, 0.1) is 13.8 Å². The van der Waals surface area contributed by atoms with Gasteiger partial charge in [-0.1, -0.05) is 66.7 Å². The van der Waals surface area contributed by atoms with Crippen molar-refractivity contribution in [3.8, 4) is 0 Å². The van der Waals surface area contributed by atoms with Gasteiger partial charge < -0.3 is 0 Å². The van der Waals surface area contributed by atoms with Crippen LogP contribution in [0.15, 0.2) is 11.0 Å². The average molecular weight is 412 g/mol. The predicted molar refractivity (Wildman–Crippen MR) is 118 cm³/mol. The molecule has 3 nitrogen and oxygen atoms in total. The lowest BCUT2D eigenvalue weighted by molar-refractivity contribution is 0.483. The summed E-state index contributed by atoms with van der Waals surface area (Å²) in [6.45, 7) is 15.0. The van der Waals surface area contributed by atoms with Gasteiger partial charge in [-0.3, -0.25) is 4.55 Å². The highest BCUT2D eigenvalue weighted by Crippen LogP contribution is 2.28. The van der Waals surface area contributed by atoms with E-state index in [2.05, 4.69) is 41.5 Å². The molecule has 155 valence electrons. The zero-order chi connectivity index (χ0) is 20.8. The summed E-state index contributed by atoms with van der Waals surface area (Å²) in [6, 6.07) is 1.72. The summed E-state index contributed by atoms with van der Waals surface area (Å²) in [7, 11) is -5.34. The molecule has 1 rings (SSSR count). The molecule has 27 heavy (non-hydrogen) atoms.